The van der Waals surface area contributed by atoms with Crippen LogP contribution in [-0.2, 0) is 27.1 Å². The van der Waals surface area contributed by atoms with Crippen molar-refractivity contribution >= 4 is 5.97 Å². The van der Waals surface area contributed by atoms with Gasteiger partial charge >= 0.3 is 5.97 Å². The zero-order chi connectivity index (χ0) is 41.7. The number of hydrogen-bond donors (Lipinski definition) is 3. The molecule has 7 aliphatic carbocycles. The van der Waals surface area contributed by atoms with E-state index in [0.717, 1.165) is 63.7 Å². The van der Waals surface area contributed by atoms with Gasteiger partial charge in [0, 0.05) is 30.3 Å². The predicted octanol–water partition coefficient (Wildman–Crippen LogP) is 11.6. The van der Waals surface area contributed by atoms with Gasteiger partial charge in [0.1, 0.15) is 0 Å². The Labute approximate surface area is 357 Å². The highest BCUT2D eigenvalue weighted by molar-refractivity contribution is 5.74. The van der Waals surface area contributed by atoms with Crippen LogP contribution in [-0.4, -0.2) is 53.5 Å². The van der Waals surface area contributed by atoms with Crippen molar-refractivity contribution in [3.05, 3.63) is 35.4 Å². The van der Waals surface area contributed by atoms with Crippen LogP contribution in [0.1, 0.15) is 181 Å². The third-order valence-corrected chi connectivity index (χ3v) is 22.1. The summed E-state index contributed by atoms with van der Waals surface area (Å²) in [6, 6.07) is 9.00. The summed E-state index contributed by atoms with van der Waals surface area (Å²) in [6.07, 6.45) is 26.2. The van der Waals surface area contributed by atoms with E-state index in [0.29, 0.717) is 30.8 Å². The molecule has 6 heteroatoms. The molecule has 59 heavy (non-hydrogen) atoms. The fourth-order valence-corrected chi connectivity index (χ4v) is 18.9. The monoisotopic (exact) mass is 815 g/mol. The second kappa shape index (κ2) is 15.1. The fourth-order valence-electron chi connectivity index (χ4n) is 18.9. The lowest BCUT2D eigenvalue weighted by Gasteiger charge is -2.82. The first-order valence-corrected chi connectivity index (χ1v) is 24.9. The van der Waals surface area contributed by atoms with Crippen LogP contribution in [0.15, 0.2) is 24.3 Å². The van der Waals surface area contributed by atoms with Crippen LogP contribution < -0.4 is 0 Å². The number of ether oxygens (including phenoxy) is 2. The van der Waals surface area contributed by atoms with E-state index >= 15 is 0 Å². The molecule has 9 rings (SSSR count). The average molecular weight is 815 g/mol. The molecular formula is C53H82O6. The largest absolute Gasteiger partial charge is 0.481 e. The summed E-state index contributed by atoms with van der Waals surface area (Å²) >= 11 is 0. The molecule has 0 unspecified atom stereocenters. The van der Waals surface area contributed by atoms with Crippen LogP contribution in [0, 0.1) is 73.4 Å². The van der Waals surface area contributed by atoms with Gasteiger partial charge in [-0.05, 0) is 153 Å². The van der Waals surface area contributed by atoms with Crippen molar-refractivity contribution in [2.75, 3.05) is 20.3 Å². The van der Waals surface area contributed by atoms with Gasteiger partial charge in [-0.25, -0.2) is 0 Å². The van der Waals surface area contributed by atoms with E-state index < -0.39 is 17.2 Å². The molecule has 330 valence electrons. The summed E-state index contributed by atoms with van der Waals surface area (Å²) in [5.74, 6) is 0.627. The van der Waals surface area contributed by atoms with E-state index in [1.807, 2.05) is 0 Å². The molecule has 1 spiro atoms. The van der Waals surface area contributed by atoms with Crippen LogP contribution in [0.25, 0.3) is 0 Å². The third kappa shape index (κ3) is 5.92. The van der Waals surface area contributed by atoms with Gasteiger partial charge in [-0.3, -0.25) is 4.79 Å². The van der Waals surface area contributed by atoms with Gasteiger partial charge in [-0.15, -0.1) is 0 Å². The standard InChI is InChI=1S/C53H82O6/c1-36-51-25-22-42-48(4)29-28-46(2)26-27-47(3,45(55)56)34-43(46)50(48,24-12-8-11-15-37-13-9-7-10-14-37)32-40-20-21-41(52(51,35-54)49(40,42)5)33-53(36,57)59-44(51)31-39-18-16-38(17-19-39)23-30-58-6/h16-19,36-37,40-44,54,57H,7-15,20-35H2,1-6H3,(H,55,56)/t36-,40-,41+,42-,43-,44+,46-,47-,48-,49-,50+,51-,52+,53+/m1/s1. The summed E-state index contributed by atoms with van der Waals surface area (Å²) in [5, 5.41) is 36.0. The third-order valence-electron chi connectivity index (χ3n) is 22.1. The lowest BCUT2D eigenvalue weighted by atomic mass is 9.22. The molecule has 1 aromatic rings. The number of carboxylic acid groups (broad SMARTS) is 1. The number of methoxy groups -OCH3 is 1. The molecule has 0 amide bonds. The van der Waals surface area contributed by atoms with Crippen molar-refractivity contribution < 1.29 is 29.6 Å². The average Bonchev–Trinajstić information content (AvgIpc) is 3.35. The maximum atomic E-state index is 13.2. The molecule has 8 aliphatic rings. The molecule has 1 saturated heterocycles. The summed E-state index contributed by atoms with van der Waals surface area (Å²) in [7, 11) is 1.76. The maximum Gasteiger partial charge on any atom is 0.309 e. The number of carbonyl (C=O) groups is 1. The van der Waals surface area contributed by atoms with Gasteiger partial charge in [0.25, 0.3) is 0 Å². The lowest BCUT2D eigenvalue weighted by Crippen LogP contribution is -2.79. The molecule has 1 aliphatic heterocycles. The Morgan fingerprint density at radius 1 is 0.814 bits per heavy atom. The minimum Gasteiger partial charge on any atom is -0.481 e. The number of benzene rings is 1. The number of rotatable bonds is 13. The molecule has 8 fully saturated rings. The van der Waals surface area contributed by atoms with E-state index in [1.165, 1.54) is 94.6 Å². The Hall–Kier alpha value is -1.47. The molecule has 6 nitrogen and oxygen atoms in total. The summed E-state index contributed by atoms with van der Waals surface area (Å²) in [5.41, 5.74) is 1.38. The van der Waals surface area contributed by atoms with E-state index in [2.05, 4.69) is 58.9 Å². The first-order valence-electron chi connectivity index (χ1n) is 24.9. The van der Waals surface area contributed by atoms with E-state index in [4.69, 9.17) is 9.47 Å². The second-order valence-electron chi connectivity index (χ2n) is 23.8. The van der Waals surface area contributed by atoms with Gasteiger partial charge in [-0.1, -0.05) is 110 Å². The number of aliphatic carboxylic acids is 1. The Balaban J connectivity index is 1.10. The summed E-state index contributed by atoms with van der Waals surface area (Å²) in [4.78, 5) is 13.2. The van der Waals surface area contributed by atoms with Gasteiger partial charge in [-0.2, -0.15) is 0 Å². The number of aliphatic hydroxyl groups is 2. The number of carboxylic acids is 1. The minimum atomic E-state index is -1.17. The molecule has 1 heterocycles. The van der Waals surface area contributed by atoms with Crippen molar-refractivity contribution in [3.8, 4) is 0 Å². The smallest absolute Gasteiger partial charge is 0.309 e. The molecule has 14 atom stereocenters. The first-order chi connectivity index (χ1) is 28.1. The molecular weight excluding hydrogens is 733 g/mol. The highest BCUT2D eigenvalue weighted by Crippen LogP contribution is 2.87. The van der Waals surface area contributed by atoms with E-state index in [9.17, 15) is 20.1 Å². The molecule has 7 saturated carbocycles. The van der Waals surface area contributed by atoms with Gasteiger partial charge in [0.05, 0.1) is 24.7 Å². The van der Waals surface area contributed by atoms with Crippen molar-refractivity contribution in [1.82, 2.24) is 0 Å². The zero-order valence-electron chi connectivity index (χ0n) is 38.1. The number of aliphatic hydroxyl groups excluding tert-OH is 1. The van der Waals surface area contributed by atoms with Gasteiger partial charge in [0.15, 0.2) is 5.79 Å². The molecule has 0 radical (unpaired) electrons. The first kappa shape index (κ1) is 42.8. The van der Waals surface area contributed by atoms with Crippen LogP contribution in [0.2, 0.25) is 0 Å². The quantitative estimate of drug-likeness (QED) is 0.172. The lowest BCUT2D eigenvalue weighted by molar-refractivity contribution is -0.358. The van der Waals surface area contributed by atoms with Crippen LogP contribution in [0.5, 0.6) is 0 Å². The molecule has 3 N–H and O–H groups in total. The highest BCUT2D eigenvalue weighted by Gasteiger charge is 2.85. The van der Waals surface area contributed by atoms with Crippen LogP contribution >= 0.6 is 0 Å². The number of unbranched alkanes of at least 4 members (excludes halogenated alkanes) is 2. The Kier molecular flexibility index (Phi) is 10.9. The zero-order valence-corrected chi connectivity index (χ0v) is 38.1. The number of fused-ring (bicyclic) bond motifs is 5. The van der Waals surface area contributed by atoms with Gasteiger partial charge in [0.2, 0.25) is 0 Å². The second-order valence-corrected chi connectivity index (χ2v) is 23.8. The maximum absolute atomic E-state index is 13.2. The Bertz CT molecular complexity index is 1710. The van der Waals surface area contributed by atoms with Crippen LogP contribution in [0.4, 0.5) is 0 Å². The fraction of sp³-hybridized carbons (Fsp3) is 0.868. The van der Waals surface area contributed by atoms with E-state index in [-0.39, 0.29) is 57.0 Å². The van der Waals surface area contributed by atoms with E-state index in [1.54, 1.807) is 7.11 Å². The Morgan fingerprint density at radius 2 is 1.53 bits per heavy atom. The van der Waals surface area contributed by atoms with Gasteiger partial charge < -0.3 is 24.8 Å². The minimum absolute atomic E-state index is 0.0538. The van der Waals surface area contributed by atoms with Crippen molar-refractivity contribution in [2.45, 2.75) is 194 Å². The molecule has 0 aromatic heterocycles. The summed E-state index contributed by atoms with van der Waals surface area (Å²) < 4.78 is 12.5. The molecule has 2 bridgehead atoms. The SMILES string of the molecule is COCCc1ccc(C[C@@H]2O[C@@]3(O)C[C@@H]4CC[C@@H]5C[C@@]6(CCCCCC7CCCCC7)[C@@H]7C[C@](C)(C(=O)O)CC[C@]7(C)CC[C@]6(C)[C@H]6CC[C@]2([C@H]3C)[C@]4(CO)[C@]56C)cc1. The highest BCUT2D eigenvalue weighted by atomic mass is 16.6. The predicted molar refractivity (Wildman–Crippen MR) is 234 cm³/mol. The van der Waals surface area contributed by atoms with Crippen LogP contribution in [0.3, 0.4) is 0 Å². The van der Waals surface area contributed by atoms with Crippen molar-refractivity contribution in [3.63, 3.8) is 0 Å². The Morgan fingerprint density at radius 3 is 2.24 bits per heavy atom. The normalized spacial score (nSPS) is 48.8. The number of hydrogen-bond acceptors (Lipinski definition) is 5. The van der Waals surface area contributed by atoms with Crippen molar-refractivity contribution in [1.29, 1.82) is 0 Å². The van der Waals surface area contributed by atoms with Crippen molar-refractivity contribution in [2.24, 2.45) is 73.4 Å². The molecule has 1 aromatic carbocycles. The summed E-state index contributed by atoms with van der Waals surface area (Å²) in [6.45, 7) is 13.2. The topological polar surface area (TPSA) is 96.2 Å².